The van der Waals surface area contributed by atoms with Crippen LogP contribution in [0.4, 0.5) is 0 Å². The van der Waals surface area contributed by atoms with E-state index in [-0.39, 0.29) is 0 Å². The summed E-state index contributed by atoms with van der Waals surface area (Å²) in [5, 5.41) is 15.3. The lowest BCUT2D eigenvalue weighted by atomic mass is 9.91. The molecular formula is C16H17NO2S2. The maximum absolute atomic E-state index is 12.1. The van der Waals surface area contributed by atoms with E-state index in [0.717, 1.165) is 22.6 Å². The standard InChI is InChI=1S/C16H17NO2S2/c18-15(19)16(17-13-8-9-13,12-5-2-1-3-6-12)11-21-14-7-4-10-20-14/h1-7,10,13,17H,8-9,11H2,(H,18,19). The molecule has 0 radical (unpaired) electrons. The number of hydrogen-bond acceptors (Lipinski definition) is 4. The van der Waals surface area contributed by atoms with Gasteiger partial charge in [-0.25, -0.2) is 4.79 Å². The molecule has 1 heterocycles. The molecule has 1 aliphatic rings. The monoisotopic (exact) mass is 319 g/mol. The minimum atomic E-state index is -1.02. The van der Waals surface area contributed by atoms with Crippen molar-refractivity contribution in [2.75, 3.05) is 5.75 Å². The molecule has 5 heteroatoms. The van der Waals surface area contributed by atoms with Crippen molar-refractivity contribution in [3.05, 3.63) is 53.4 Å². The van der Waals surface area contributed by atoms with Crippen LogP contribution < -0.4 is 5.32 Å². The highest BCUT2D eigenvalue weighted by Crippen LogP contribution is 2.35. The highest BCUT2D eigenvalue weighted by molar-refractivity contribution is 8.01. The first-order valence-corrected chi connectivity index (χ1v) is 8.80. The first-order chi connectivity index (χ1) is 10.2. The molecule has 110 valence electrons. The van der Waals surface area contributed by atoms with Crippen LogP contribution in [-0.4, -0.2) is 22.9 Å². The Morgan fingerprint density at radius 1 is 1.29 bits per heavy atom. The number of thiophene rings is 1. The van der Waals surface area contributed by atoms with Gasteiger partial charge in [-0.3, -0.25) is 5.32 Å². The molecule has 3 rings (SSSR count). The molecule has 1 fully saturated rings. The smallest absolute Gasteiger partial charge is 0.329 e. The van der Waals surface area contributed by atoms with E-state index in [9.17, 15) is 9.90 Å². The van der Waals surface area contributed by atoms with Crippen LogP contribution >= 0.6 is 23.1 Å². The summed E-state index contributed by atoms with van der Waals surface area (Å²) in [5.74, 6) is -0.312. The molecule has 21 heavy (non-hydrogen) atoms. The molecule has 2 N–H and O–H groups in total. The summed E-state index contributed by atoms with van der Waals surface area (Å²) < 4.78 is 1.15. The molecule has 1 atom stereocenters. The summed E-state index contributed by atoms with van der Waals surface area (Å²) >= 11 is 3.25. The highest BCUT2D eigenvalue weighted by atomic mass is 32.2. The van der Waals surface area contributed by atoms with Gasteiger partial charge in [0, 0.05) is 11.8 Å². The lowest BCUT2D eigenvalue weighted by Crippen LogP contribution is -2.52. The van der Waals surface area contributed by atoms with E-state index in [1.54, 1.807) is 23.1 Å². The predicted molar refractivity (Wildman–Crippen MR) is 87.0 cm³/mol. The Hall–Kier alpha value is -1.30. The van der Waals surface area contributed by atoms with Crippen molar-refractivity contribution in [2.45, 2.75) is 28.6 Å². The van der Waals surface area contributed by atoms with Crippen molar-refractivity contribution in [1.82, 2.24) is 5.32 Å². The third kappa shape index (κ3) is 3.31. The van der Waals surface area contributed by atoms with Crippen LogP contribution in [0.1, 0.15) is 18.4 Å². The van der Waals surface area contributed by atoms with Crippen molar-refractivity contribution >= 4 is 29.1 Å². The zero-order chi connectivity index (χ0) is 14.7. The summed E-state index contributed by atoms with van der Waals surface area (Å²) in [6, 6.07) is 13.9. The highest BCUT2D eigenvalue weighted by Gasteiger charge is 2.44. The molecule has 0 aliphatic heterocycles. The molecule has 1 aromatic heterocycles. The van der Waals surface area contributed by atoms with Crippen LogP contribution in [0.5, 0.6) is 0 Å². The van der Waals surface area contributed by atoms with E-state index >= 15 is 0 Å². The van der Waals surface area contributed by atoms with Gasteiger partial charge in [-0.2, -0.15) is 0 Å². The predicted octanol–water partition coefficient (Wildman–Crippen LogP) is 3.57. The number of thioether (sulfide) groups is 1. The Morgan fingerprint density at radius 2 is 2.05 bits per heavy atom. The van der Waals surface area contributed by atoms with Gasteiger partial charge in [-0.1, -0.05) is 36.4 Å². The number of benzene rings is 1. The van der Waals surface area contributed by atoms with Crippen LogP contribution in [-0.2, 0) is 10.3 Å². The largest absolute Gasteiger partial charge is 0.480 e. The van der Waals surface area contributed by atoms with E-state index in [4.69, 9.17) is 0 Å². The zero-order valence-corrected chi connectivity index (χ0v) is 13.1. The topological polar surface area (TPSA) is 49.3 Å². The van der Waals surface area contributed by atoms with Gasteiger partial charge >= 0.3 is 5.97 Å². The average molecular weight is 319 g/mol. The lowest BCUT2D eigenvalue weighted by Gasteiger charge is -2.31. The van der Waals surface area contributed by atoms with E-state index < -0.39 is 11.5 Å². The van der Waals surface area contributed by atoms with Gasteiger partial charge in [0.2, 0.25) is 0 Å². The minimum absolute atomic E-state index is 0.324. The molecule has 1 unspecified atom stereocenters. The first kappa shape index (κ1) is 14.6. The summed E-state index contributed by atoms with van der Waals surface area (Å²) in [7, 11) is 0. The summed E-state index contributed by atoms with van der Waals surface area (Å²) in [5.41, 5.74) is -0.190. The maximum atomic E-state index is 12.1. The van der Waals surface area contributed by atoms with Crippen molar-refractivity contribution in [1.29, 1.82) is 0 Å². The molecule has 0 saturated heterocycles. The van der Waals surface area contributed by atoms with E-state index in [0.29, 0.717) is 11.8 Å². The third-order valence-corrected chi connectivity index (χ3v) is 5.89. The summed E-state index contributed by atoms with van der Waals surface area (Å²) in [6.07, 6.45) is 2.12. The van der Waals surface area contributed by atoms with Gasteiger partial charge in [0.05, 0.1) is 4.21 Å². The number of nitrogens with one attached hydrogen (secondary N) is 1. The number of hydrogen-bond donors (Lipinski definition) is 2. The molecule has 1 aliphatic carbocycles. The number of rotatable bonds is 7. The zero-order valence-electron chi connectivity index (χ0n) is 11.5. The molecule has 0 bridgehead atoms. The Kier molecular flexibility index (Phi) is 4.33. The number of carbonyl (C=O) groups is 1. The van der Waals surface area contributed by atoms with Gasteiger partial charge in [0.15, 0.2) is 5.54 Å². The number of aliphatic carboxylic acids is 1. The van der Waals surface area contributed by atoms with Crippen LogP contribution in [0.15, 0.2) is 52.1 Å². The quantitative estimate of drug-likeness (QED) is 0.766. The minimum Gasteiger partial charge on any atom is -0.480 e. The third-order valence-electron chi connectivity index (χ3n) is 3.59. The van der Waals surface area contributed by atoms with Gasteiger partial charge in [-0.15, -0.1) is 23.1 Å². The summed E-state index contributed by atoms with van der Waals surface area (Å²) in [6.45, 7) is 0. The van der Waals surface area contributed by atoms with Gasteiger partial charge in [0.25, 0.3) is 0 Å². The molecule has 0 spiro atoms. The van der Waals surface area contributed by atoms with Crippen LogP contribution in [0.25, 0.3) is 0 Å². The van der Waals surface area contributed by atoms with E-state index in [1.807, 2.05) is 47.8 Å². The fourth-order valence-corrected chi connectivity index (χ4v) is 4.25. The van der Waals surface area contributed by atoms with Gasteiger partial charge in [-0.05, 0) is 29.9 Å². The number of carboxylic acids is 1. The van der Waals surface area contributed by atoms with Crippen molar-refractivity contribution in [3.8, 4) is 0 Å². The van der Waals surface area contributed by atoms with E-state index in [1.165, 1.54) is 0 Å². The fourth-order valence-electron chi connectivity index (χ4n) is 2.28. The normalized spacial score (nSPS) is 17.3. The average Bonchev–Trinajstić information content (AvgIpc) is 3.16. The maximum Gasteiger partial charge on any atom is 0.329 e. The van der Waals surface area contributed by atoms with Crippen LogP contribution in [0.3, 0.4) is 0 Å². The van der Waals surface area contributed by atoms with Gasteiger partial charge in [0.1, 0.15) is 0 Å². The summed E-state index contributed by atoms with van der Waals surface area (Å²) in [4.78, 5) is 12.1. The van der Waals surface area contributed by atoms with Crippen LogP contribution in [0.2, 0.25) is 0 Å². The fraction of sp³-hybridized carbons (Fsp3) is 0.312. The molecule has 3 nitrogen and oxygen atoms in total. The lowest BCUT2D eigenvalue weighted by molar-refractivity contribution is -0.144. The Labute approximate surface area is 132 Å². The van der Waals surface area contributed by atoms with Crippen molar-refractivity contribution in [3.63, 3.8) is 0 Å². The molecule has 0 amide bonds. The van der Waals surface area contributed by atoms with Crippen molar-refractivity contribution in [2.24, 2.45) is 0 Å². The Bertz CT molecular complexity index is 596. The van der Waals surface area contributed by atoms with Crippen LogP contribution in [0, 0.1) is 0 Å². The molecular weight excluding hydrogens is 302 g/mol. The van der Waals surface area contributed by atoms with Crippen molar-refractivity contribution < 1.29 is 9.90 Å². The molecule has 2 aromatic rings. The van der Waals surface area contributed by atoms with Gasteiger partial charge < -0.3 is 5.11 Å². The second-order valence-corrected chi connectivity index (χ2v) is 7.44. The first-order valence-electron chi connectivity index (χ1n) is 6.94. The Morgan fingerprint density at radius 3 is 2.62 bits per heavy atom. The Balaban J connectivity index is 1.89. The SMILES string of the molecule is O=C(O)C(CSc1cccs1)(NC1CC1)c1ccccc1. The second-order valence-electron chi connectivity index (χ2n) is 5.22. The second kappa shape index (κ2) is 6.22. The van der Waals surface area contributed by atoms with E-state index in [2.05, 4.69) is 5.32 Å². The number of carboxylic acid groups (broad SMARTS) is 1. The molecule has 1 saturated carbocycles. The molecule has 1 aromatic carbocycles.